The lowest BCUT2D eigenvalue weighted by Crippen LogP contribution is -2.60. The largest absolute Gasteiger partial charge is 0.444 e. The van der Waals surface area contributed by atoms with Crippen molar-refractivity contribution in [3.05, 3.63) is 53.2 Å². The number of rotatable bonds is 10. The lowest BCUT2D eigenvalue weighted by atomic mass is 9.85. The number of ether oxygens (including phenoxy) is 1. The van der Waals surface area contributed by atoms with E-state index in [9.17, 15) is 45.6 Å². The molecule has 0 radical (unpaired) electrons. The van der Waals surface area contributed by atoms with Gasteiger partial charge in [0.2, 0.25) is 34.0 Å². The average molecular weight is 739 g/mol. The minimum atomic E-state index is -4.17. The third kappa shape index (κ3) is 7.25. The van der Waals surface area contributed by atoms with Crippen LogP contribution < -0.4 is 15.4 Å². The van der Waals surface area contributed by atoms with Gasteiger partial charge >= 0.3 is 6.09 Å². The van der Waals surface area contributed by atoms with Crippen molar-refractivity contribution < 1.29 is 54.8 Å². The summed E-state index contributed by atoms with van der Waals surface area (Å²) in [4.78, 5) is 69.9. The summed E-state index contributed by atoms with van der Waals surface area (Å²) < 4.78 is 79.8. The zero-order chi connectivity index (χ0) is 37.0. The van der Waals surface area contributed by atoms with E-state index < -0.39 is 98.7 Å². The van der Waals surface area contributed by atoms with Crippen LogP contribution in [-0.4, -0.2) is 95.0 Å². The summed E-state index contributed by atoms with van der Waals surface area (Å²) in [6.07, 6.45) is -4.20. The fourth-order valence-corrected chi connectivity index (χ4v) is 7.85. The first-order chi connectivity index (χ1) is 23.9. The molecule has 1 saturated heterocycles. The van der Waals surface area contributed by atoms with Gasteiger partial charge in [-0.1, -0.05) is 38.1 Å². The predicted octanol–water partition coefficient (Wildman–Crippen LogP) is 1.83. The maximum absolute atomic E-state index is 14.4. The highest BCUT2D eigenvalue weighted by molar-refractivity contribution is 7.91. The van der Waals surface area contributed by atoms with Gasteiger partial charge < -0.3 is 24.8 Å². The van der Waals surface area contributed by atoms with Gasteiger partial charge in [0.1, 0.15) is 29.5 Å². The van der Waals surface area contributed by atoms with Crippen LogP contribution in [0.25, 0.3) is 0 Å². The zero-order valence-corrected chi connectivity index (χ0v) is 28.7. The summed E-state index contributed by atoms with van der Waals surface area (Å²) in [5.74, 6) is -6.41. The van der Waals surface area contributed by atoms with Crippen LogP contribution in [0.2, 0.25) is 0 Å². The molecule has 1 aromatic carbocycles. The molecule has 1 unspecified atom stereocenters. The first kappa shape index (κ1) is 36.1. The maximum atomic E-state index is 14.4. The maximum Gasteiger partial charge on any atom is 0.410 e. The third-order valence-electron chi connectivity index (χ3n) is 9.62. The molecule has 15 nitrogen and oxygen atoms in total. The number of halogens is 3. The van der Waals surface area contributed by atoms with Crippen molar-refractivity contribution in [1.82, 2.24) is 30.3 Å². The molecular formula is C32H37F3N6O9S. The second kappa shape index (κ2) is 13.1. The van der Waals surface area contributed by atoms with Crippen LogP contribution in [0, 0.1) is 17.2 Å². The van der Waals surface area contributed by atoms with E-state index in [1.807, 2.05) is 4.72 Å². The molecule has 3 N–H and O–H groups in total. The zero-order valence-electron chi connectivity index (χ0n) is 27.9. The van der Waals surface area contributed by atoms with Crippen LogP contribution in [0.15, 0.2) is 35.0 Å². The summed E-state index contributed by atoms with van der Waals surface area (Å²) in [7, 11) is -4.17. The second-order valence-electron chi connectivity index (χ2n) is 14.4. The molecule has 0 bridgehead atoms. The Bertz CT molecular complexity index is 1850. The highest BCUT2D eigenvalue weighted by atomic mass is 32.2. The Kier molecular flexibility index (Phi) is 9.30. The number of nitrogens with one attached hydrogen (secondary N) is 3. The molecule has 1 aromatic heterocycles. The quantitative estimate of drug-likeness (QED) is 0.324. The first-order valence-corrected chi connectivity index (χ1v) is 17.9. The van der Waals surface area contributed by atoms with E-state index in [1.54, 1.807) is 26.8 Å². The standard InChI is InChI=1S/C32H37F3N6O9S/c1-31(2,3)24(37-27(43)23-9-10-36-50-23)28(44)41-14-17(49-30(46)40-13-16-5-4-6-21(33)19(16)15-40)11-22(41)26(42)38-32(12-20(32)25(34)35)29(45)39-51(47,48)18-7-8-18/h4-6,9-10,17-18,20,22,24-25H,7-8,11-15H2,1-3H3,(H,37,43)(H,38,42)(H,39,45)/t17-,20+,22?,24-,32+/m1/s1. The number of benzene rings is 1. The molecule has 4 aliphatic rings. The highest BCUT2D eigenvalue weighted by Crippen LogP contribution is 2.48. The van der Waals surface area contributed by atoms with Crippen molar-refractivity contribution >= 4 is 39.7 Å². The first-order valence-electron chi connectivity index (χ1n) is 16.3. The Morgan fingerprint density at radius 3 is 2.41 bits per heavy atom. The number of carbonyl (C=O) groups is 5. The number of hydrogen-bond acceptors (Lipinski definition) is 10. The summed E-state index contributed by atoms with van der Waals surface area (Å²) in [5, 5.41) is 7.52. The third-order valence-corrected chi connectivity index (χ3v) is 11.4. The number of alkyl halides is 2. The van der Waals surface area contributed by atoms with E-state index in [4.69, 9.17) is 9.26 Å². The van der Waals surface area contributed by atoms with E-state index in [0.29, 0.717) is 24.0 Å². The van der Waals surface area contributed by atoms with Gasteiger partial charge in [0.15, 0.2) is 0 Å². The molecule has 3 heterocycles. The molecule has 2 saturated carbocycles. The fraction of sp³-hybridized carbons (Fsp3) is 0.562. The molecule has 5 atom stereocenters. The number of carbonyl (C=O) groups excluding carboxylic acids is 5. The van der Waals surface area contributed by atoms with E-state index in [0.717, 1.165) is 4.90 Å². The van der Waals surface area contributed by atoms with E-state index in [1.165, 1.54) is 29.3 Å². The number of aromatic nitrogens is 1. The molecule has 2 aromatic rings. The summed E-state index contributed by atoms with van der Waals surface area (Å²) in [5.41, 5.74) is -2.38. The van der Waals surface area contributed by atoms with Crippen LogP contribution in [0.4, 0.5) is 18.0 Å². The minimum Gasteiger partial charge on any atom is -0.444 e. The molecule has 2 aliphatic heterocycles. The van der Waals surface area contributed by atoms with Crippen LogP contribution in [0.1, 0.15) is 68.1 Å². The Morgan fingerprint density at radius 2 is 1.82 bits per heavy atom. The second-order valence-corrected chi connectivity index (χ2v) is 16.4. The van der Waals surface area contributed by atoms with Crippen molar-refractivity contribution in [3.63, 3.8) is 0 Å². The Morgan fingerprint density at radius 1 is 1.10 bits per heavy atom. The molecule has 3 fully saturated rings. The molecule has 2 aliphatic carbocycles. The van der Waals surface area contributed by atoms with Gasteiger partial charge in [-0.2, -0.15) is 0 Å². The predicted molar refractivity (Wildman–Crippen MR) is 168 cm³/mol. The Labute approximate surface area is 290 Å². The topological polar surface area (TPSA) is 197 Å². The van der Waals surface area contributed by atoms with Crippen LogP contribution in [0.3, 0.4) is 0 Å². The van der Waals surface area contributed by atoms with E-state index in [-0.39, 0.29) is 31.8 Å². The van der Waals surface area contributed by atoms with Gasteiger partial charge in [0.25, 0.3) is 11.8 Å². The van der Waals surface area contributed by atoms with Crippen molar-refractivity contribution in [1.29, 1.82) is 0 Å². The molecule has 6 rings (SSSR count). The van der Waals surface area contributed by atoms with Crippen LogP contribution in [-0.2, 0) is 42.2 Å². The normalized spacial score (nSPS) is 24.9. The lowest BCUT2D eigenvalue weighted by molar-refractivity contribution is -0.143. The Balaban J connectivity index is 1.25. The van der Waals surface area contributed by atoms with Crippen LogP contribution >= 0.6 is 0 Å². The molecule has 5 amide bonds. The minimum absolute atomic E-state index is 0.0430. The smallest absolute Gasteiger partial charge is 0.410 e. The van der Waals surface area contributed by atoms with Gasteiger partial charge in [0.05, 0.1) is 30.5 Å². The van der Waals surface area contributed by atoms with Gasteiger partial charge in [-0.25, -0.2) is 26.4 Å². The number of nitrogens with zero attached hydrogens (tertiary/aromatic N) is 3. The average Bonchev–Trinajstić information content (AvgIpc) is 3.84. The molecule has 19 heteroatoms. The van der Waals surface area contributed by atoms with Crippen molar-refractivity contribution in [2.45, 2.75) is 94.9 Å². The molecule has 0 spiro atoms. The number of likely N-dealkylation sites (tertiary alicyclic amines) is 1. The SMILES string of the molecule is CC(C)(C)[C@H](NC(=O)c1ccno1)C(=O)N1C[C@H](OC(=O)N2Cc3cccc(F)c3C2)CC1C(=O)N[C@@]1(C(=O)NS(=O)(=O)C2CC2)C[C@H]1C(F)F. The van der Waals surface area contributed by atoms with E-state index in [2.05, 4.69) is 15.8 Å². The Hall–Kier alpha value is -4.68. The molecule has 51 heavy (non-hydrogen) atoms. The molecule has 276 valence electrons. The highest BCUT2D eigenvalue weighted by Gasteiger charge is 2.67. The van der Waals surface area contributed by atoms with Gasteiger partial charge in [-0.15, -0.1) is 0 Å². The van der Waals surface area contributed by atoms with Gasteiger partial charge in [-0.05, 0) is 36.3 Å². The van der Waals surface area contributed by atoms with Crippen LogP contribution in [0.5, 0.6) is 0 Å². The number of sulfonamides is 1. The number of hydrogen-bond donors (Lipinski definition) is 3. The van der Waals surface area contributed by atoms with Gasteiger partial charge in [-0.3, -0.25) is 28.8 Å². The summed E-state index contributed by atoms with van der Waals surface area (Å²) in [6.45, 7) is 4.49. The number of amides is 5. The monoisotopic (exact) mass is 738 g/mol. The lowest BCUT2D eigenvalue weighted by Gasteiger charge is -2.35. The van der Waals surface area contributed by atoms with Crippen molar-refractivity contribution in [2.75, 3.05) is 6.54 Å². The molecular weight excluding hydrogens is 701 g/mol. The number of fused-ring (bicyclic) bond motifs is 1. The van der Waals surface area contributed by atoms with Crippen molar-refractivity contribution in [2.24, 2.45) is 11.3 Å². The fourth-order valence-electron chi connectivity index (χ4n) is 6.49. The van der Waals surface area contributed by atoms with E-state index >= 15 is 0 Å². The summed E-state index contributed by atoms with van der Waals surface area (Å²) in [6, 6.07) is 2.87. The van der Waals surface area contributed by atoms with Crippen molar-refractivity contribution in [3.8, 4) is 0 Å². The van der Waals surface area contributed by atoms with Gasteiger partial charge in [0, 0.05) is 24.6 Å². The summed E-state index contributed by atoms with van der Waals surface area (Å²) >= 11 is 0.